The smallest absolute Gasteiger partial charge is 0.310 e. The molecule has 6 nitrogen and oxygen atoms in total. The van der Waals surface area contributed by atoms with E-state index in [2.05, 4.69) is 15.5 Å². The Bertz CT molecular complexity index is 657. The lowest BCUT2D eigenvalue weighted by Gasteiger charge is -2.19. The van der Waals surface area contributed by atoms with Crippen LogP contribution in [0.25, 0.3) is 11.4 Å². The van der Waals surface area contributed by atoms with Gasteiger partial charge in [0.15, 0.2) is 5.82 Å². The number of carboxylic acid groups (broad SMARTS) is 1. The Morgan fingerprint density at radius 2 is 2.20 bits per heavy atom. The van der Waals surface area contributed by atoms with E-state index in [0.717, 1.165) is 0 Å². The summed E-state index contributed by atoms with van der Waals surface area (Å²) < 4.78 is 14.8. The number of nitrogens with zero attached hydrogens (tertiary/aromatic N) is 4. The van der Waals surface area contributed by atoms with Crippen LogP contribution >= 0.6 is 11.6 Å². The van der Waals surface area contributed by atoms with Gasteiger partial charge in [-0.25, -0.2) is 9.07 Å². The zero-order valence-electron chi connectivity index (χ0n) is 10.8. The van der Waals surface area contributed by atoms with Gasteiger partial charge in [-0.2, -0.15) is 0 Å². The summed E-state index contributed by atoms with van der Waals surface area (Å²) in [6.45, 7) is 3.14. The van der Waals surface area contributed by atoms with Gasteiger partial charge in [-0.1, -0.05) is 17.7 Å². The molecule has 0 unspecified atom stereocenters. The monoisotopic (exact) mass is 298 g/mol. The average molecular weight is 299 g/mol. The molecule has 1 N–H and O–H groups in total. The van der Waals surface area contributed by atoms with Crippen molar-refractivity contribution in [3.63, 3.8) is 0 Å². The van der Waals surface area contributed by atoms with Crippen molar-refractivity contribution in [3.8, 4) is 11.4 Å². The molecule has 0 radical (unpaired) electrons. The predicted octanol–water partition coefficient (Wildman–Crippen LogP) is 2.24. The third kappa shape index (κ3) is 2.62. The molecule has 1 aromatic heterocycles. The first kappa shape index (κ1) is 14.4. The first-order valence-corrected chi connectivity index (χ1v) is 6.14. The van der Waals surface area contributed by atoms with Gasteiger partial charge in [-0.3, -0.25) is 4.79 Å². The number of tetrazole rings is 1. The van der Waals surface area contributed by atoms with Crippen molar-refractivity contribution in [2.75, 3.05) is 0 Å². The molecule has 0 aliphatic heterocycles. The molecule has 8 heteroatoms. The molecule has 0 saturated carbocycles. The highest BCUT2D eigenvalue weighted by Crippen LogP contribution is 2.29. The number of carboxylic acids is 1. The van der Waals surface area contributed by atoms with Crippen LogP contribution in [-0.4, -0.2) is 31.3 Å². The molecule has 106 valence electrons. The summed E-state index contributed by atoms with van der Waals surface area (Å²) in [6.07, 6.45) is 0. The van der Waals surface area contributed by atoms with Crippen LogP contribution in [0.15, 0.2) is 18.2 Å². The fourth-order valence-electron chi connectivity index (χ4n) is 1.62. The minimum Gasteiger partial charge on any atom is -0.481 e. The molecule has 0 atom stereocenters. The molecule has 0 bridgehead atoms. The molecule has 2 rings (SSSR count). The summed E-state index contributed by atoms with van der Waals surface area (Å²) in [6, 6.07) is 4.28. The number of aromatic nitrogens is 4. The van der Waals surface area contributed by atoms with E-state index in [0.29, 0.717) is 5.56 Å². The van der Waals surface area contributed by atoms with Crippen LogP contribution in [-0.2, 0) is 11.3 Å². The standard InChI is InChI=1S/C12H12ClFN4O2/c1-12(2,11(19)20)6-18-10(15-16-17-18)7-4-3-5-8(14)9(7)13/h3-5H,6H2,1-2H3,(H,19,20). The van der Waals surface area contributed by atoms with E-state index in [1.165, 1.54) is 16.8 Å². The molecule has 0 saturated heterocycles. The number of hydrogen-bond acceptors (Lipinski definition) is 4. The van der Waals surface area contributed by atoms with Gasteiger partial charge in [0.2, 0.25) is 0 Å². The fraction of sp³-hybridized carbons (Fsp3) is 0.333. The average Bonchev–Trinajstić information content (AvgIpc) is 2.80. The second-order valence-electron chi connectivity index (χ2n) is 4.95. The van der Waals surface area contributed by atoms with Crippen LogP contribution in [0.3, 0.4) is 0 Å². The molecule has 0 aliphatic carbocycles. The predicted molar refractivity (Wildman–Crippen MR) is 69.6 cm³/mol. The van der Waals surface area contributed by atoms with Gasteiger partial charge in [0.05, 0.1) is 17.0 Å². The van der Waals surface area contributed by atoms with E-state index < -0.39 is 17.2 Å². The third-order valence-corrected chi connectivity index (χ3v) is 3.23. The Balaban J connectivity index is 2.44. The molecule has 2 aromatic rings. The Morgan fingerprint density at radius 3 is 2.85 bits per heavy atom. The van der Waals surface area contributed by atoms with Gasteiger partial charge >= 0.3 is 5.97 Å². The van der Waals surface area contributed by atoms with Gasteiger partial charge in [0.1, 0.15) is 5.82 Å². The van der Waals surface area contributed by atoms with Crippen LogP contribution in [0.1, 0.15) is 13.8 Å². The summed E-state index contributed by atoms with van der Waals surface area (Å²) >= 11 is 5.89. The second-order valence-corrected chi connectivity index (χ2v) is 5.33. The minimum absolute atomic E-state index is 0.0392. The normalized spacial score (nSPS) is 11.6. The first-order chi connectivity index (χ1) is 9.33. The largest absolute Gasteiger partial charge is 0.481 e. The van der Waals surface area contributed by atoms with Crippen molar-refractivity contribution in [1.82, 2.24) is 20.2 Å². The quantitative estimate of drug-likeness (QED) is 0.936. The highest BCUT2D eigenvalue weighted by Gasteiger charge is 2.30. The summed E-state index contributed by atoms with van der Waals surface area (Å²) in [7, 11) is 0. The maximum Gasteiger partial charge on any atom is 0.310 e. The Labute approximate surface area is 119 Å². The molecular weight excluding hydrogens is 287 g/mol. The number of halogens is 2. The maximum atomic E-state index is 13.5. The van der Waals surface area contributed by atoms with Gasteiger partial charge < -0.3 is 5.11 Å². The number of rotatable bonds is 4. The second kappa shape index (κ2) is 5.16. The van der Waals surface area contributed by atoms with E-state index in [1.807, 2.05) is 0 Å². The molecular formula is C12H12ClFN4O2. The minimum atomic E-state index is -1.07. The van der Waals surface area contributed by atoms with Crippen LogP contribution in [0.5, 0.6) is 0 Å². The Hall–Kier alpha value is -2.02. The van der Waals surface area contributed by atoms with Gasteiger partial charge in [0.25, 0.3) is 0 Å². The first-order valence-electron chi connectivity index (χ1n) is 5.77. The van der Waals surface area contributed by atoms with Crippen molar-refractivity contribution >= 4 is 17.6 Å². The van der Waals surface area contributed by atoms with Crippen molar-refractivity contribution in [2.24, 2.45) is 5.41 Å². The van der Waals surface area contributed by atoms with Crippen molar-refractivity contribution in [2.45, 2.75) is 20.4 Å². The molecule has 1 heterocycles. The van der Waals surface area contributed by atoms with Gasteiger partial charge in [-0.15, -0.1) is 5.10 Å². The van der Waals surface area contributed by atoms with E-state index in [1.54, 1.807) is 19.9 Å². The van der Waals surface area contributed by atoms with Crippen molar-refractivity contribution < 1.29 is 14.3 Å². The lowest BCUT2D eigenvalue weighted by molar-refractivity contribution is -0.147. The van der Waals surface area contributed by atoms with E-state index >= 15 is 0 Å². The SMILES string of the molecule is CC(C)(Cn1nnnc1-c1cccc(F)c1Cl)C(=O)O. The summed E-state index contributed by atoms with van der Waals surface area (Å²) in [4.78, 5) is 11.1. The molecule has 20 heavy (non-hydrogen) atoms. The molecule has 0 spiro atoms. The molecule has 1 aromatic carbocycles. The molecule has 0 aliphatic rings. The zero-order chi connectivity index (χ0) is 14.9. The van der Waals surface area contributed by atoms with Crippen LogP contribution in [0.2, 0.25) is 5.02 Å². The van der Waals surface area contributed by atoms with Crippen LogP contribution < -0.4 is 0 Å². The highest BCUT2D eigenvalue weighted by molar-refractivity contribution is 6.33. The topological polar surface area (TPSA) is 80.9 Å². The van der Waals surface area contributed by atoms with Crippen molar-refractivity contribution in [3.05, 3.63) is 29.0 Å². The third-order valence-electron chi connectivity index (χ3n) is 2.85. The van der Waals surface area contributed by atoms with E-state index in [9.17, 15) is 9.18 Å². The Kier molecular flexibility index (Phi) is 3.71. The highest BCUT2D eigenvalue weighted by atomic mass is 35.5. The Morgan fingerprint density at radius 1 is 1.50 bits per heavy atom. The molecule has 0 fully saturated rings. The summed E-state index contributed by atoms with van der Waals surface area (Å²) in [5.41, 5.74) is -0.748. The summed E-state index contributed by atoms with van der Waals surface area (Å²) in [5, 5.41) is 20.1. The lowest BCUT2D eigenvalue weighted by atomic mass is 9.94. The maximum absolute atomic E-state index is 13.5. The molecule has 0 amide bonds. The van der Waals surface area contributed by atoms with Gasteiger partial charge in [-0.05, 0) is 36.4 Å². The van der Waals surface area contributed by atoms with Gasteiger partial charge in [0, 0.05) is 5.56 Å². The fourth-order valence-corrected chi connectivity index (χ4v) is 1.83. The summed E-state index contributed by atoms with van der Waals surface area (Å²) in [5.74, 6) is -1.34. The number of aliphatic carboxylic acids is 1. The number of benzene rings is 1. The van der Waals surface area contributed by atoms with Crippen molar-refractivity contribution in [1.29, 1.82) is 0 Å². The van der Waals surface area contributed by atoms with Crippen LogP contribution in [0, 0.1) is 11.2 Å². The van der Waals surface area contributed by atoms with E-state index in [4.69, 9.17) is 16.7 Å². The number of carbonyl (C=O) groups is 1. The van der Waals surface area contributed by atoms with Crippen LogP contribution in [0.4, 0.5) is 4.39 Å². The zero-order valence-corrected chi connectivity index (χ0v) is 11.6. The number of hydrogen-bond donors (Lipinski definition) is 1. The lowest BCUT2D eigenvalue weighted by Crippen LogP contribution is -2.30. The van der Waals surface area contributed by atoms with E-state index in [-0.39, 0.29) is 17.4 Å².